The SMILES string of the molecule is OC1COc2cc(OCc3cnoc3)ccc21. The Bertz CT molecular complexity index is 509. The Hall–Kier alpha value is -2.01. The van der Waals surface area contributed by atoms with Gasteiger partial charge in [-0.15, -0.1) is 0 Å². The predicted molar refractivity (Wildman–Crippen MR) is 57.7 cm³/mol. The fraction of sp³-hybridized carbons (Fsp3) is 0.250. The van der Waals surface area contributed by atoms with E-state index in [1.807, 2.05) is 12.1 Å². The maximum absolute atomic E-state index is 9.57. The van der Waals surface area contributed by atoms with Gasteiger partial charge >= 0.3 is 0 Å². The van der Waals surface area contributed by atoms with Crippen molar-refractivity contribution in [3.8, 4) is 11.5 Å². The van der Waals surface area contributed by atoms with Gasteiger partial charge in [0.25, 0.3) is 0 Å². The van der Waals surface area contributed by atoms with Crippen LogP contribution in [-0.2, 0) is 6.61 Å². The van der Waals surface area contributed by atoms with Crippen LogP contribution in [0, 0.1) is 0 Å². The third-order valence-electron chi connectivity index (χ3n) is 2.63. The van der Waals surface area contributed by atoms with Crippen molar-refractivity contribution in [2.75, 3.05) is 6.61 Å². The highest BCUT2D eigenvalue weighted by molar-refractivity contribution is 5.44. The molecule has 1 aliphatic rings. The maximum Gasteiger partial charge on any atom is 0.130 e. The molecule has 2 heterocycles. The second kappa shape index (κ2) is 4.10. The van der Waals surface area contributed by atoms with E-state index in [0.717, 1.165) is 11.1 Å². The molecule has 1 aromatic carbocycles. The van der Waals surface area contributed by atoms with Gasteiger partial charge in [0.05, 0.1) is 6.20 Å². The molecule has 0 radical (unpaired) electrons. The maximum atomic E-state index is 9.57. The molecule has 0 saturated heterocycles. The van der Waals surface area contributed by atoms with Crippen molar-refractivity contribution in [3.05, 3.63) is 41.8 Å². The number of hydrogen-bond acceptors (Lipinski definition) is 5. The minimum atomic E-state index is -0.530. The number of aromatic nitrogens is 1. The summed E-state index contributed by atoms with van der Waals surface area (Å²) >= 11 is 0. The minimum absolute atomic E-state index is 0.310. The zero-order valence-electron chi connectivity index (χ0n) is 9.00. The van der Waals surface area contributed by atoms with Crippen LogP contribution < -0.4 is 9.47 Å². The second-order valence-electron chi connectivity index (χ2n) is 3.85. The number of rotatable bonds is 3. The van der Waals surface area contributed by atoms with E-state index < -0.39 is 6.10 Å². The molecule has 0 aliphatic carbocycles. The normalized spacial score (nSPS) is 17.6. The van der Waals surface area contributed by atoms with Gasteiger partial charge in [-0.1, -0.05) is 5.16 Å². The molecule has 0 amide bonds. The van der Waals surface area contributed by atoms with Gasteiger partial charge in [0.1, 0.15) is 37.1 Å². The van der Waals surface area contributed by atoms with Crippen LogP contribution in [-0.4, -0.2) is 16.9 Å². The molecule has 5 heteroatoms. The van der Waals surface area contributed by atoms with Crippen LogP contribution in [0.1, 0.15) is 17.2 Å². The average molecular weight is 233 g/mol. The number of nitrogens with zero attached hydrogens (tertiary/aromatic N) is 1. The van der Waals surface area contributed by atoms with Crippen LogP contribution >= 0.6 is 0 Å². The van der Waals surface area contributed by atoms with Crippen LogP contribution in [0.5, 0.6) is 11.5 Å². The van der Waals surface area contributed by atoms with E-state index >= 15 is 0 Å². The van der Waals surface area contributed by atoms with E-state index in [0.29, 0.717) is 24.7 Å². The van der Waals surface area contributed by atoms with Crippen LogP contribution in [0.15, 0.2) is 35.2 Å². The molecular weight excluding hydrogens is 222 g/mol. The number of fused-ring (bicyclic) bond motifs is 1. The number of hydrogen-bond donors (Lipinski definition) is 1. The molecule has 17 heavy (non-hydrogen) atoms. The summed E-state index contributed by atoms with van der Waals surface area (Å²) in [4.78, 5) is 0. The summed E-state index contributed by atoms with van der Waals surface area (Å²) in [6.07, 6.45) is 2.61. The van der Waals surface area contributed by atoms with Crippen molar-refractivity contribution in [1.82, 2.24) is 5.16 Å². The van der Waals surface area contributed by atoms with E-state index in [9.17, 15) is 5.11 Å². The van der Waals surface area contributed by atoms with Gasteiger partial charge < -0.3 is 19.1 Å². The van der Waals surface area contributed by atoms with Crippen molar-refractivity contribution < 1.29 is 19.1 Å². The Balaban J connectivity index is 1.72. The van der Waals surface area contributed by atoms with E-state index in [1.165, 1.54) is 6.26 Å². The van der Waals surface area contributed by atoms with Gasteiger partial charge in [0.15, 0.2) is 0 Å². The fourth-order valence-electron chi connectivity index (χ4n) is 1.73. The van der Waals surface area contributed by atoms with Crippen LogP contribution in [0.3, 0.4) is 0 Å². The highest BCUT2D eigenvalue weighted by atomic mass is 16.5. The van der Waals surface area contributed by atoms with E-state index in [1.54, 1.807) is 12.3 Å². The van der Waals surface area contributed by atoms with Crippen molar-refractivity contribution in [2.45, 2.75) is 12.7 Å². The van der Waals surface area contributed by atoms with Crippen molar-refractivity contribution in [1.29, 1.82) is 0 Å². The van der Waals surface area contributed by atoms with E-state index in [4.69, 9.17) is 14.0 Å². The molecule has 0 bridgehead atoms. The molecule has 1 unspecified atom stereocenters. The number of benzene rings is 1. The zero-order valence-corrected chi connectivity index (χ0v) is 9.00. The monoisotopic (exact) mass is 233 g/mol. The van der Waals surface area contributed by atoms with Crippen molar-refractivity contribution in [3.63, 3.8) is 0 Å². The molecule has 1 atom stereocenters. The summed E-state index contributed by atoms with van der Waals surface area (Å²) in [5.74, 6) is 1.37. The minimum Gasteiger partial charge on any atom is -0.490 e. The average Bonchev–Trinajstić information content (AvgIpc) is 2.97. The van der Waals surface area contributed by atoms with Crippen molar-refractivity contribution in [2.24, 2.45) is 0 Å². The number of ether oxygens (including phenoxy) is 2. The number of aliphatic hydroxyl groups excluding tert-OH is 1. The first-order valence-corrected chi connectivity index (χ1v) is 5.29. The molecule has 0 fully saturated rings. The van der Waals surface area contributed by atoms with Crippen molar-refractivity contribution >= 4 is 0 Å². The molecular formula is C12H11NO4. The smallest absolute Gasteiger partial charge is 0.130 e. The summed E-state index contributed by atoms with van der Waals surface area (Å²) in [6.45, 7) is 0.704. The lowest BCUT2D eigenvalue weighted by Gasteiger charge is -2.06. The molecule has 0 saturated carbocycles. The summed E-state index contributed by atoms with van der Waals surface area (Å²) in [6, 6.07) is 5.40. The topological polar surface area (TPSA) is 64.7 Å². The Morgan fingerprint density at radius 3 is 3.24 bits per heavy atom. The zero-order chi connectivity index (χ0) is 11.7. The largest absolute Gasteiger partial charge is 0.490 e. The fourth-order valence-corrected chi connectivity index (χ4v) is 1.73. The summed E-state index contributed by atoms with van der Waals surface area (Å²) < 4.78 is 15.6. The molecule has 3 rings (SSSR count). The molecule has 1 aliphatic heterocycles. The standard InChI is InChI=1S/C12H11NO4/c14-11-7-16-12-3-9(1-2-10(11)12)15-5-8-4-13-17-6-8/h1-4,6,11,14H,5,7H2. The predicted octanol–water partition coefficient (Wildman–Crippen LogP) is 1.68. The van der Waals surface area contributed by atoms with Gasteiger partial charge in [-0.3, -0.25) is 0 Å². The number of aliphatic hydroxyl groups is 1. The van der Waals surface area contributed by atoms with Crippen LogP contribution in [0.4, 0.5) is 0 Å². The summed E-state index contributed by atoms with van der Waals surface area (Å²) in [7, 11) is 0. The molecule has 5 nitrogen and oxygen atoms in total. The molecule has 1 N–H and O–H groups in total. The second-order valence-corrected chi connectivity index (χ2v) is 3.85. The lowest BCUT2D eigenvalue weighted by molar-refractivity contribution is 0.140. The third kappa shape index (κ3) is 1.97. The highest BCUT2D eigenvalue weighted by Crippen LogP contribution is 2.35. The summed E-state index contributed by atoms with van der Waals surface area (Å²) in [5, 5.41) is 13.2. The van der Waals surface area contributed by atoms with Crippen LogP contribution in [0.25, 0.3) is 0 Å². The third-order valence-corrected chi connectivity index (χ3v) is 2.63. The van der Waals surface area contributed by atoms with Gasteiger partial charge in [-0.25, -0.2) is 0 Å². The van der Waals surface area contributed by atoms with Gasteiger partial charge in [0.2, 0.25) is 0 Å². The van der Waals surface area contributed by atoms with Gasteiger partial charge in [0, 0.05) is 17.2 Å². The molecule has 0 spiro atoms. The quantitative estimate of drug-likeness (QED) is 0.873. The first-order chi connectivity index (χ1) is 8.33. The highest BCUT2D eigenvalue weighted by Gasteiger charge is 2.21. The van der Waals surface area contributed by atoms with Crippen LogP contribution in [0.2, 0.25) is 0 Å². The molecule has 88 valence electrons. The molecule has 2 aromatic rings. The van der Waals surface area contributed by atoms with E-state index in [-0.39, 0.29) is 0 Å². The lowest BCUT2D eigenvalue weighted by Crippen LogP contribution is -1.97. The van der Waals surface area contributed by atoms with Gasteiger partial charge in [-0.05, 0) is 12.1 Å². The van der Waals surface area contributed by atoms with E-state index in [2.05, 4.69) is 5.16 Å². The Labute approximate surface area is 97.6 Å². The Morgan fingerprint density at radius 2 is 2.41 bits per heavy atom. The Morgan fingerprint density at radius 1 is 1.47 bits per heavy atom. The lowest BCUT2D eigenvalue weighted by atomic mass is 10.1. The molecule has 1 aromatic heterocycles. The first kappa shape index (κ1) is 10.2. The first-order valence-electron chi connectivity index (χ1n) is 5.29. The van der Waals surface area contributed by atoms with Gasteiger partial charge in [-0.2, -0.15) is 0 Å². The Kier molecular flexibility index (Phi) is 2.45. The summed E-state index contributed by atoms with van der Waals surface area (Å²) in [5.41, 5.74) is 1.67.